The Balaban J connectivity index is 1.47. The lowest BCUT2D eigenvalue weighted by Gasteiger charge is -2.09. The number of carbonyl (C=O) groups excluding carboxylic acids is 1. The van der Waals surface area contributed by atoms with Gasteiger partial charge in [0, 0.05) is 16.3 Å². The van der Waals surface area contributed by atoms with Crippen LogP contribution in [0.15, 0.2) is 84.0 Å². The topological polar surface area (TPSA) is 50.7 Å². The summed E-state index contributed by atoms with van der Waals surface area (Å²) in [7, 11) is 0. The molecule has 0 radical (unpaired) electrons. The molecule has 1 N–H and O–H groups in total. The monoisotopic (exact) mass is 424 g/mol. The van der Waals surface area contributed by atoms with Crippen LogP contribution in [0, 0.1) is 0 Å². The third kappa shape index (κ3) is 6.97. The molecule has 6 heteroatoms. The Morgan fingerprint density at radius 3 is 2.55 bits per heavy atom. The molecule has 0 saturated carbocycles. The van der Waals surface area contributed by atoms with Crippen LogP contribution in [-0.4, -0.2) is 17.9 Å². The summed E-state index contributed by atoms with van der Waals surface area (Å²) >= 11 is 7.61. The van der Waals surface area contributed by atoms with E-state index in [4.69, 9.17) is 16.3 Å². The van der Waals surface area contributed by atoms with E-state index >= 15 is 0 Å². The van der Waals surface area contributed by atoms with Crippen molar-refractivity contribution in [1.29, 1.82) is 0 Å². The van der Waals surface area contributed by atoms with Crippen LogP contribution in [0.3, 0.4) is 0 Å². The molecule has 0 heterocycles. The molecule has 148 valence electrons. The quantitative estimate of drug-likeness (QED) is 0.374. The van der Waals surface area contributed by atoms with Crippen molar-refractivity contribution in [3.05, 3.63) is 101 Å². The van der Waals surface area contributed by atoms with Crippen molar-refractivity contribution in [2.24, 2.45) is 5.10 Å². The Kier molecular flexibility index (Phi) is 8.16. The summed E-state index contributed by atoms with van der Waals surface area (Å²) in [5.41, 5.74) is 5.45. The number of hydrazone groups is 1. The molecular weight excluding hydrogens is 404 g/mol. The van der Waals surface area contributed by atoms with Crippen molar-refractivity contribution in [2.75, 3.05) is 5.75 Å². The molecule has 0 aromatic heterocycles. The zero-order valence-electron chi connectivity index (χ0n) is 15.8. The number of amides is 1. The predicted molar refractivity (Wildman–Crippen MR) is 121 cm³/mol. The van der Waals surface area contributed by atoms with E-state index in [0.29, 0.717) is 28.9 Å². The first-order valence-corrected chi connectivity index (χ1v) is 10.6. The van der Waals surface area contributed by atoms with Crippen LogP contribution in [-0.2, 0) is 17.2 Å². The van der Waals surface area contributed by atoms with Gasteiger partial charge in [-0.3, -0.25) is 4.79 Å². The number of benzene rings is 3. The maximum Gasteiger partial charge on any atom is 0.250 e. The highest BCUT2D eigenvalue weighted by Crippen LogP contribution is 2.20. The second-order valence-corrected chi connectivity index (χ2v) is 7.58. The lowest BCUT2D eigenvalue weighted by Crippen LogP contribution is -2.19. The molecule has 1 amide bonds. The molecule has 4 nitrogen and oxygen atoms in total. The number of rotatable bonds is 9. The van der Waals surface area contributed by atoms with Gasteiger partial charge in [-0.05, 0) is 29.3 Å². The Morgan fingerprint density at radius 2 is 1.72 bits per heavy atom. The minimum absolute atomic E-state index is 0.166. The molecule has 3 rings (SSSR count). The van der Waals surface area contributed by atoms with Gasteiger partial charge in [-0.2, -0.15) is 5.10 Å². The van der Waals surface area contributed by atoms with Gasteiger partial charge in [-0.25, -0.2) is 5.43 Å². The average molecular weight is 425 g/mol. The number of carbonyl (C=O) groups is 1. The van der Waals surface area contributed by atoms with E-state index in [1.807, 2.05) is 78.9 Å². The molecule has 0 aliphatic carbocycles. The first-order chi connectivity index (χ1) is 14.2. The van der Waals surface area contributed by atoms with Crippen LogP contribution in [0.2, 0.25) is 5.02 Å². The maximum atomic E-state index is 12.0. The molecule has 0 fully saturated rings. The Morgan fingerprint density at radius 1 is 1.00 bits per heavy atom. The predicted octanol–water partition coefficient (Wildman–Crippen LogP) is 5.30. The zero-order chi connectivity index (χ0) is 20.3. The zero-order valence-corrected chi connectivity index (χ0v) is 17.3. The van der Waals surface area contributed by atoms with E-state index in [1.54, 1.807) is 6.21 Å². The standard InChI is InChI=1S/C23H21ClN2O2S/c24-21-12-6-4-11-20(21)16-29-17-23(27)26-25-14-19-10-5-7-13-22(19)28-15-18-8-2-1-3-9-18/h1-14H,15-17H2,(H,26,27). The summed E-state index contributed by atoms with van der Waals surface area (Å²) in [4.78, 5) is 12.0. The normalized spacial score (nSPS) is 10.8. The molecule has 3 aromatic carbocycles. The lowest BCUT2D eigenvalue weighted by molar-refractivity contribution is -0.118. The molecular formula is C23H21ClN2O2S. The number of para-hydroxylation sites is 1. The van der Waals surface area contributed by atoms with Gasteiger partial charge in [0.05, 0.1) is 12.0 Å². The summed E-state index contributed by atoms with van der Waals surface area (Å²) in [6.07, 6.45) is 1.59. The second-order valence-electron chi connectivity index (χ2n) is 6.19. The van der Waals surface area contributed by atoms with Crippen molar-refractivity contribution < 1.29 is 9.53 Å². The highest BCUT2D eigenvalue weighted by atomic mass is 35.5. The molecule has 0 aliphatic heterocycles. The number of nitrogens with one attached hydrogen (secondary N) is 1. The van der Waals surface area contributed by atoms with Crippen LogP contribution >= 0.6 is 23.4 Å². The SMILES string of the molecule is O=C(CSCc1ccccc1Cl)NN=Cc1ccccc1OCc1ccccc1. The van der Waals surface area contributed by atoms with Crippen molar-refractivity contribution in [2.45, 2.75) is 12.4 Å². The van der Waals surface area contributed by atoms with Crippen LogP contribution in [0.1, 0.15) is 16.7 Å². The summed E-state index contributed by atoms with van der Waals surface area (Å²) in [5.74, 6) is 1.52. The molecule has 0 unspecified atom stereocenters. The average Bonchev–Trinajstić information content (AvgIpc) is 2.75. The van der Waals surface area contributed by atoms with Crippen LogP contribution in [0.4, 0.5) is 0 Å². The maximum absolute atomic E-state index is 12.0. The lowest BCUT2D eigenvalue weighted by atomic mass is 10.2. The number of ether oxygens (including phenoxy) is 1. The van der Waals surface area contributed by atoms with E-state index in [1.165, 1.54) is 11.8 Å². The van der Waals surface area contributed by atoms with Gasteiger partial charge in [0.1, 0.15) is 12.4 Å². The number of thioether (sulfide) groups is 1. The summed E-state index contributed by atoms with van der Waals surface area (Å²) in [6, 6.07) is 25.2. The third-order valence-electron chi connectivity index (χ3n) is 4.00. The van der Waals surface area contributed by atoms with Crippen LogP contribution in [0.5, 0.6) is 5.75 Å². The molecule has 0 aliphatic rings. The molecule has 0 bridgehead atoms. The van der Waals surface area contributed by atoms with Gasteiger partial charge in [0.25, 0.3) is 0 Å². The number of halogens is 1. The fraction of sp³-hybridized carbons (Fsp3) is 0.130. The smallest absolute Gasteiger partial charge is 0.250 e. The Labute approximate surface area is 179 Å². The van der Waals surface area contributed by atoms with Gasteiger partial charge in [0.2, 0.25) is 5.91 Å². The molecule has 0 saturated heterocycles. The summed E-state index contributed by atoms with van der Waals surface area (Å²) in [6.45, 7) is 0.469. The third-order valence-corrected chi connectivity index (χ3v) is 5.35. The van der Waals surface area contributed by atoms with E-state index < -0.39 is 0 Å². The first kappa shape index (κ1) is 21.0. The number of hydrogen-bond donors (Lipinski definition) is 1. The molecule has 29 heavy (non-hydrogen) atoms. The van der Waals surface area contributed by atoms with Crippen LogP contribution in [0.25, 0.3) is 0 Å². The highest BCUT2D eigenvalue weighted by Gasteiger charge is 2.04. The minimum atomic E-state index is -0.166. The molecule has 3 aromatic rings. The van der Waals surface area contributed by atoms with Gasteiger partial charge in [-0.15, -0.1) is 11.8 Å². The summed E-state index contributed by atoms with van der Waals surface area (Å²) < 4.78 is 5.89. The largest absolute Gasteiger partial charge is 0.488 e. The van der Waals surface area contributed by atoms with Crippen molar-refractivity contribution in [3.63, 3.8) is 0 Å². The van der Waals surface area contributed by atoms with E-state index in [2.05, 4.69) is 10.5 Å². The van der Waals surface area contributed by atoms with Crippen molar-refractivity contribution in [1.82, 2.24) is 5.43 Å². The highest BCUT2D eigenvalue weighted by molar-refractivity contribution is 7.99. The first-order valence-electron chi connectivity index (χ1n) is 9.11. The van der Waals surface area contributed by atoms with Gasteiger partial charge in [-0.1, -0.05) is 72.3 Å². The van der Waals surface area contributed by atoms with E-state index in [0.717, 1.165) is 16.7 Å². The number of nitrogens with zero attached hydrogens (tertiary/aromatic N) is 1. The van der Waals surface area contributed by atoms with Crippen molar-refractivity contribution >= 4 is 35.5 Å². The number of hydrogen-bond acceptors (Lipinski definition) is 4. The fourth-order valence-corrected chi connectivity index (χ4v) is 3.63. The minimum Gasteiger partial charge on any atom is -0.488 e. The fourth-order valence-electron chi connectivity index (χ4n) is 2.53. The molecule has 0 atom stereocenters. The van der Waals surface area contributed by atoms with Gasteiger partial charge in [0.15, 0.2) is 0 Å². The van der Waals surface area contributed by atoms with E-state index in [9.17, 15) is 4.79 Å². The second kappa shape index (κ2) is 11.3. The van der Waals surface area contributed by atoms with Gasteiger partial charge < -0.3 is 4.74 Å². The Bertz CT molecular complexity index is 964. The molecule has 0 spiro atoms. The van der Waals surface area contributed by atoms with E-state index in [-0.39, 0.29) is 5.91 Å². The van der Waals surface area contributed by atoms with Gasteiger partial charge >= 0.3 is 0 Å². The summed E-state index contributed by atoms with van der Waals surface area (Å²) in [5, 5.41) is 4.77. The Hall–Kier alpha value is -2.76. The van der Waals surface area contributed by atoms with Crippen LogP contribution < -0.4 is 10.2 Å². The van der Waals surface area contributed by atoms with Crippen molar-refractivity contribution in [3.8, 4) is 5.75 Å².